The molecule has 4 rings (SSSR count). The normalized spacial score (nSPS) is 15.3. The molecular formula is C24H28N4O2S. The quantitative estimate of drug-likeness (QED) is 0.621. The first-order chi connectivity index (χ1) is 14.8. The zero-order valence-electron chi connectivity index (χ0n) is 18.5. The summed E-state index contributed by atoms with van der Waals surface area (Å²) in [6, 6.07) is 15.7. The molecule has 162 valence electrons. The summed E-state index contributed by atoms with van der Waals surface area (Å²) >= 11 is 0. The number of benzene rings is 2. The molecule has 0 unspecified atom stereocenters. The van der Waals surface area contributed by atoms with Gasteiger partial charge < -0.3 is 4.90 Å². The van der Waals surface area contributed by atoms with Crippen LogP contribution in [0.15, 0.2) is 53.4 Å². The zero-order valence-corrected chi connectivity index (χ0v) is 19.3. The van der Waals surface area contributed by atoms with Crippen LogP contribution in [-0.2, 0) is 10.0 Å². The average Bonchev–Trinajstić information content (AvgIpc) is 2.74. The van der Waals surface area contributed by atoms with Crippen molar-refractivity contribution in [1.82, 2.24) is 14.5 Å². The molecule has 1 aliphatic rings. The summed E-state index contributed by atoms with van der Waals surface area (Å²) in [5, 5.41) is 8.85. The minimum Gasteiger partial charge on any atom is -0.352 e. The predicted molar refractivity (Wildman–Crippen MR) is 124 cm³/mol. The molecule has 0 amide bonds. The Balaban J connectivity index is 1.46. The molecule has 0 atom stereocenters. The van der Waals surface area contributed by atoms with E-state index in [4.69, 9.17) is 0 Å². The van der Waals surface area contributed by atoms with Crippen molar-refractivity contribution in [2.45, 2.75) is 32.6 Å². The van der Waals surface area contributed by atoms with E-state index in [-0.39, 0.29) is 0 Å². The lowest BCUT2D eigenvalue weighted by Crippen LogP contribution is -2.49. The van der Waals surface area contributed by atoms with Crippen LogP contribution < -0.4 is 4.90 Å². The van der Waals surface area contributed by atoms with Gasteiger partial charge in [-0.1, -0.05) is 41.5 Å². The molecule has 1 aromatic heterocycles. The molecule has 6 nitrogen and oxygen atoms in total. The fourth-order valence-electron chi connectivity index (χ4n) is 4.12. The lowest BCUT2D eigenvalue weighted by molar-refractivity contribution is 0.383. The van der Waals surface area contributed by atoms with Crippen LogP contribution in [-0.4, -0.2) is 49.1 Å². The molecule has 3 aromatic rings. The van der Waals surface area contributed by atoms with E-state index < -0.39 is 10.0 Å². The summed E-state index contributed by atoms with van der Waals surface area (Å²) in [6.45, 7) is 9.99. The van der Waals surface area contributed by atoms with E-state index in [2.05, 4.69) is 47.1 Å². The highest BCUT2D eigenvalue weighted by Gasteiger charge is 2.30. The molecule has 0 saturated carbocycles. The third-order valence-corrected chi connectivity index (χ3v) is 7.88. The molecule has 31 heavy (non-hydrogen) atoms. The van der Waals surface area contributed by atoms with Gasteiger partial charge in [0.2, 0.25) is 10.0 Å². The van der Waals surface area contributed by atoms with Gasteiger partial charge in [0.25, 0.3) is 0 Å². The zero-order chi connectivity index (χ0) is 22.2. The summed E-state index contributed by atoms with van der Waals surface area (Å²) in [5.74, 6) is 0.775. The Morgan fingerprint density at radius 1 is 0.742 bits per heavy atom. The lowest BCUT2D eigenvalue weighted by Gasteiger charge is -2.34. The molecule has 0 bridgehead atoms. The number of hydrogen-bond donors (Lipinski definition) is 0. The second-order valence-electron chi connectivity index (χ2n) is 8.26. The minimum atomic E-state index is -3.50. The SMILES string of the molecule is Cc1ccc(-c2ccc(N3CCN(S(=O)(=O)c4ccc(C)cc4C)CC3)nn2)c(C)c1. The summed E-state index contributed by atoms with van der Waals surface area (Å²) in [7, 11) is -3.50. The molecule has 0 aliphatic carbocycles. The van der Waals surface area contributed by atoms with Crippen molar-refractivity contribution in [3.05, 3.63) is 70.8 Å². The fraction of sp³-hybridized carbons (Fsp3) is 0.333. The van der Waals surface area contributed by atoms with Gasteiger partial charge in [-0.05, 0) is 57.0 Å². The van der Waals surface area contributed by atoms with E-state index in [0.717, 1.165) is 28.2 Å². The Bertz CT molecular complexity index is 1200. The van der Waals surface area contributed by atoms with Crippen molar-refractivity contribution in [2.75, 3.05) is 31.1 Å². The Hall–Kier alpha value is -2.77. The monoisotopic (exact) mass is 436 g/mol. The van der Waals surface area contributed by atoms with Gasteiger partial charge in [0.05, 0.1) is 10.6 Å². The van der Waals surface area contributed by atoms with Crippen LogP contribution in [0.3, 0.4) is 0 Å². The van der Waals surface area contributed by atoms with Crippen LogP contribution in [0.25, 0.3) is 11.3 Å². The van der Waals surface area contributed by atoms with Crippen molar-refractivity contribution in [3.8, 4) is 11.3 Å². The highest BCUT2D eigenvalue weighted by Crippen LogP contribution is 2.25. The van der Waals surface area contributed by atoms with Crippen molar-refractivity contribution in [2.24, 2.45) is 0 Å². The van der Waals surface area contributed by atoms with E-state index in [9.17, 15) is 8.42 Å². The van der Waals surface area contributed by atoms with Gasteiger partial charge in [-0.2, -0.15) is 4.31 Å². The number of rotatable bonds is 4. The molecule has 0 N–H and O–H groups in total. The van der Waals surface area contributed by atoms with E-state index >= 15 is 0 Å². The Morgan fingerprint density at radius 3 is 1.97 bits per heavy atom. The maximum atomic E-state index is 13.1. The van der Waals surface area contributed by atoms with E-state index in [1.54, 1.807) is 10.4 Å². The second-order valence-corrected chi connectivity index (χ2v) is 10.2. The van der Waals surface area contributed by atoms with Crippen molar-refractivity contribution in [1.29, 1.82) is 0 Å². The Morgan fingerprint density at radius 2 is 1.39 bits per heavy atom. The fourth-order valence-corrected chi connectivity index (χ4v) is 5.75. The van der Waals surface area contributed by atoms with Gasteiger partial charge in [0, 0.05) is 31.7 Å². The van der Waals surface area contributed by atoms with Gasteiger partial charge in [0.15, 0.2) is 5.82 Å². The first-order valence-electron chi connectivity index (χ1n) is 10.5. The standard InChI is InChI=1S/C24H28N4O2S/c1-17-5-7-21(19(3)15-17)22-8-10-24(26-25-22)27-11-13-28(14-12-27)31(29,30)23-9-6-18(2)16-20(23)4/h5-10,15-16H,11-14H2,1-4H3. The summed E-state index contributed by atoms with van der Waals surface area (Å²) in [4.78, 5) is 2.48. The average molecular weight is 437 g/mol. The van der Waals surface area contributed by atoms with Crippen LogP contribution in [0, 0.1) is 27.7 Å². The molecule has 2 heterocycles. The molecule has 1 fully saturated rings. The maximum Gasteiger partial charge on any atom is 0.243 e. The predicted octanol–water partition coefficient (Wildman–Crippen LogP) is 3.89. The topological polar surface area (TPSA) is 66.4 Å². The summed E-state index contributed by atoms with van der Waals surface area (Å²) in [5.41, 5.74) is 6.16. The van der Waals surface area contributed by atoms with Gasteiger partial charge in [-0.3, -0.25) is 0 Å². The van der Waals surface area contributed by atoms with Gasteiger partial charge >= 0.3 is 0 Å². The number of aromatic nitrogens is 2. The van der Waals surface area contributed by atoms with Crippen LogP contribution in [0.1, 0.15) is 22.3 Å². The van der Waals surface area contributed by atoms with Crippen LogP contribution >= 0.6 is 0 Å². The number of sulfonamides is 1. The van der Waals surface area contributed by atoms with Crippen LogP contribution in [0.2, 0.25) is 0 Å². The Labute approximate surface area is 184 Å². The number of aryl methyl sites for hydroxylation is 4. The first-order valence-corrected chi connectivity index (χ1v) is 11.9. The number of nitrogens with zero attached hydrogens (tertiary/aromatic N) is 4. The largest absolute Gasteiger partial charge is 0.352 e. The first kappa shape index (κ1) is 21.5. The van der Waals surface area contributed by atoms with Gasteiger partial charge in [0.1, 0.15) is 0 Å². The molecule has 2 aromatic carbocycles. The molecule has 0 radical (unpaired) electrons. The van der Waals surface area contributed by atoms with Crippen molar-refractivity contribution in [3.63, 3.8) is 0 Å². The van der Waals surface area contributed by atoms with E-state index in [1.165, 1.54) is 11.1 Å². The maximum absolute atomic E-state index is 13.1. The van der Waals surface area contributed by atoms with E-state index in [0.29, 0.717) is 31.1 Å². The number of piperazine rings is 1. The lowest BCUT2D eigenvalue weighted by atomic mass is 10.0. The Kier molecular flexibility index (Phi) is 5.81. The number of anilines is 1. The van der Waals surface area contributed by atoms with Crippen molar-refractivity contribution >= 4 is 15.8 Å². The molecule has 1 aliphatic heterocycles. The smallest absolute Gasteiger partial charge is 0.243 e. The molecule has 0 spiro atoms. The highest BCUT2D eigenvalue weighted by atomic mass is 32.2. The molecule has 1 saturated heterocycles. The highest BCUT2D eigenvalue weighted by molar-refractivity contribution is 7.89. The molecule has 7 heteroatoms. The minimum absolute atomic E-state index is 0.393. The van der Waals surface area contributed by atoms with Gasteiger partial charge in [-0.15, -0.1) is 10.2 Å². The number of hydrogen-bond acceptors (Lipinski definition) is 5. The van der Waals surface area contributed by atoms with Crippen molar-refractivity contribution < 1.29 is 8.42 Å². The second kappa shape index (κ2) is 8.40. The third kappa shape index (κ3) is 4.34. The van der Waals surface area contributed by atoms with E-state index in [1.807, 2.05) is 38.1 Å². The molecular weight excluding hydrogens is 408 g/mol. The third-order valence-electron chi connectivity index (χ3n) is 5.82. The van der Waals surface area contributed by atoms with Gasteiger partial charge in [-0.25, -0.2) is 8.42 Å². The van der Waals surface area contributed by atoms with Crippen LogP contribution in [0.4, 0.5) is 5.82 Å². The summed E-state index contributed by atoms with van der Waals surface area (Å²) < 4.78 is 27.8. The van der Waals surface area contributed by atoms with Crippen LogP contribution in [0.5, 0.6) is 0 Å². The summed E-state index contributed by atoms with van der Waals surface area (Å²) in [6.07, 6.45) is 0.